The standard InChI is InChI=1S/C28H34N4O2S/c1-21(28(33)32-13-11-23(12-14-32)19-22-7-3-2-4-8-22)35-27-24-9-5-6-10-25(24)29-26(30-27)20-31-15-17-34-18-16-31/h2-10,21,23H,11-20H2,1H3. The Kier molecular flexibility index (Phi) is 7.96. The molecule has 2 fully saturated rings. The van der Waals surface area contributed by atoms with Gasteiger partial charge in [-0.05, 0) is 43.7 Å². The van der Waals surface area contributed by atoms with Crippen molar-refractivity contribution in [2.45, 2.75) is 43.0 Å². The maximum Gasteiger partial charge on any atom is 0.235 e. The molecule has 0 radical (unpaired) electrons. The third-order valence-electron chi connectivity index (χ3n) is 7.01. The fourth-order valence-electron chi connectivity index (χ4n) is 4.99. The number of amides is 1. The van der Waals surface area contributed by atoms with E-state index < -0.39 is 0 Å². The Balaban J connectivity index is 1.23. The van der Waals surface area contributed by atoms with E-state index in [0.29, 0.717) is 12.5 Å². The highest BCUT2D eigenvalue weighted by Crippen LogP contribution is 2.31. The van der Waals surface area contributed by atoms with E-state index in [1.165, 1.54) is 5.56 Å². The van der Waals surface area contributed by atoms with E-state index in [0.717, 1.165) is 80.4 Å². The second-order valence-corrected chi connectivity index (χ2v) is 10.9. The summed E-state index contributed by atoms with van der Waals surface area (Å²) in [6.45, 7) is 7.70. The van der Waals surface area contributed by atoms with Crippen LogP contribution in [0.15, 0.2) is 59.6 Å². The number of thioether (sulfide) groups is 1. The van der Waals surface area contributed by atoms with Crippen LogP contribution in [-0.2, 0) is 22.5 Å². The number of morpholine rings is 1. The van der Waals surface area contributed by atoms with Crippen molar-refractivity contribution < 1.29 is 9.53 Å². The summed E-state index contributed by atoms with van der Waals surface area (Å²) in [6, 6.07) is 18.8. The molecule has 3 aromatic rings. The van der Waals surface area contributed by atoms with E-state index in [2.05, 4.69) is 46.2 Å². The van der Waals surface area contributed by atoms with Gasteiger partial charge in [0.25, 0.3) is 0 Å². The van der Waals surface area contributed by atoms with Crippen molar-refractivity contribution in [2.75, 3.05) is 39.4 Å². The average Bonchev–Trinajstić information content (AvgIpc) is 2.90. The van der Waals surface area contributed by atoms with Gasteiger partial charge >= 0.3 is 0 Å². The van der Waals surface area contributed by atoms with Gasteiger partial charge in [-0.1, -0.05) is 60.3 Å². The number of hydrogen-bond donors (Lipinski definition) is 0. The van der Waals surface area contributed by atoms with E-state index in [-0.39, 0.29) is 11.2 Å². The van der Waals surface area contributed by atoms with Crippen LogP contribution in [0.5, 0.6) is 0 Å². The predicted molar refractivity (Wildman–Crippen MR) is 140 cm³/mol. The molecule has 35 heavy (non-hydrogen) atoms. The predicted octanol–water partition coefficient (Wildman–Crippen LogP) is 4.42. The molecule has 7 heteroatoms. The SMILES string of the molecule is CC(Sc1nc(CN2CCOCC2)nc2ccccc12)C(=O)N1CCC(Cc2ccccc2)CC1. The van der Waals surface area contributed by atoms with E-state index in [1.54, 1.807) is 11.8 Å². The van der Waals surface area contributed by atoms with Crippen LogP contribution in [0, 0.1) is 5.92 Å². The number of fused-ring (bicyclic) bond motifs is 1. The Bertz CT molecular complexity index is 1130. The molecule has 1 atom stereocenters. The third kappa shape index (κ3) is 6.21. The largest absolute Gasteiger partial charge is 0.379 e. The molecule has 1 unspecified atom stereocenters. The van der Waals surface area contributed by atoms with Crippen molar-refractivity contribution in [3.63, 3.8) is 0 Å². The molecule has 0 N–H and O–H groups in total. The first-order valence-electron chi connectivity index (χ1n) is 12.7. The van der Waals surface area contributed by atoms with Gasteiger partial charge in [-0.3, -0.25) is 9.69 Å². The fraction of sp³-hybridized carbons (Fsp3) is 0.464. The number of piperidine rings is 1. The lowest BCUT2D eigenvalue weighted by Crippen LogP contribution is -2.42. The zero-order chi connectivity index (χ0) is 24.0. The number of aromatic nitrogens is 2. The van der Waals surface area contributed by atoms with Crippen LogP contribution in [0.25, 0.3) is 10.9 Å². The van der Waals surface area contributed by atoms with E-state index in [9.17, 15) is 4.79 Å². The van der Waals surface area contributed by atoms with Crippen molar-refractivity contribution >= 4 is 28.6 Å². The Morgan fingerprint density at radius 2 is 1.71 bits per heavy atom. The molecule has 0 aliphatic carbocycles. The summed E-state index contributed by atoms with van der Waals surface area (Å²) in [6.07, 6.45) is 3.24. The van der Waals surface area contributed by atoms with Gasteiger partial charge in [-0.2, -0.15) is 0 Å². The Morgan fingerprint density at radius 1 is 1.00 bits per heavy atom. The third-order valence-corrected chi connectivity index (χ3v) is 8.10. The molecule has 2 saturated heterocycles. The lowest BCUT2D eigenvalue weighted by atomic mass is 9.90. The molecule has 5 rings (SSSR count). The van der Waals surface area contributed by atoms with Gasteiger partial charge < -0.3 is 9.64 Å². The number of nitrogens with zero attached hydrogens (tertiary/aromatic N) is 4. The Labute approximate surface area is 212 Å². The second kappa shape index (κ2) is 11.5. The maximum absolute atomic E-state index is 13.3. The molecule has 0 saturated carbocycles. The highest BCUT2D eigenvalue weighted by molar-refractivity contribution is 8.00. The summed E-state index contributed by atoms with van der Waals surface area (Å²) in [5, 5.41) is 1.73. The molecule has 6 nitrogen and oxygen atoms in total. The summed E-state index contributed by atoms with van der Waals surface area (Å²) in [4.78, 5) is 27.5. The first-order valence-corrected chi connectivity index (χ1v) is 13.6. The number of para-hydroxylation sites is 1. The number of carbonyl (C=O) groups is 1. The van der Waals surface area contributed by atoms with Crippen molar-refractivity contribution in [1.29, 1.82) is 0 Å². The number of carbonyl (C=O) groups excluding carboxylic acids is 1. The molecule has 3 heterocycles. The fourth-order valence-corrected chi connectivity index (χ4v) is 6.04. The van der Waals surface area contributed by atoms with E-state index in [1.807, 2.05) is 25.1 Å². The number of benzene rings is 2. The molecular formula is C28H34N4O2S. The lowest BCUT2D eigenvalue weighted by Gasteiger charge is -2.33. The quantitative estimate of drug-likeness (QED) is 0.361. The number of hydrogen-bond acceptors (Lipinski definition) is 6. The molecule has 0 spiro atoms. The van der Waals surface area contributed by atoms with Crippen LogP contribution in [0.1, 0.15) is 31.2 Å². The number of ether oxygens (including phenoxy) is 1. The lowest BCUT2D eigenvalue weighted by molar-refractivity contribution is -0.131. The van der Waals surface area contributed by atoms with Gasteiger partial charge in [-0.25, -0.2) is 9.97 Å². The van der Waals surface area contributed by atoms with Crippen LogP contribution in [0.4, 0.5) is 0 Å². The van der Waals surface area contributed by atoms with Crippen LogP contribution < -0.4 is 0 Å². The Morgan fingerprint density at radius 3 is 2.49 bits per heavy atom. The van der Waals surface area contributed by atoms with Crippen molar-refractivity contribution in [3.8, 4) is 0 Å². The zero-order valence-electron chi connectivity index (χ0n) is 20.4. The Hall–Kier alpha value is -2.48. The van der Waals surface area contributed by atoms with Crippen molar-refractivity contribution in [3.05, 3.63) is 66.0 Å². The first-order chi connectivity index (χ1) is 17.2. The molecule has 1 amide bonds. The summed E-state index contributed by atoms with van der Waals surface area (Å²) < 4.78 is 5.48. The topological polar surface area (TPSA) is 58.6 Å². The molecule has 2 aliphatic heterocycles. The smallest absolute Gasteiger partial charge is 0.235 e. The number of rotatable bonds is 7. The minimum Gasteiger partial charge on any atom is -0.379 e. The molecule has 2 aromatic carbocycles. The number of likely N-dealkylation sites (tertiary alicyclic amines) is 1. The minimum atomic E-state index is -0.185. The summed E-state index contributed by atoms with van der Waals surface area (Å²) >= 11 is 1.57. The van der Waals surface area contributed by atoms with Crippen LogP contribution in [-0.4, -0.2) is 70.3 Å². The molecule has 0 bridgehead atoms. The van der Waals surface area contributed by atoms with E-state index in [4.69, 9.17) is 14.7 Å². The molecule has 1 aromatic heterocycles. The highest BCUT2D eigenvalue weighted by Gasteiger charge is 2.27. The van der Waals surface area contributed by atoms with Gasteiger partial charge in [0, 0.05) is 31.6 Å². The van der Waals surface area contributed by atoms with Gasteiger partial charge in [0.05, 0.1) is 30.5 Å². The van der Waals surface area contributed by atoms with Gasteiger partial charge in [0.15, 0.2) is 0 Å². The van der Waals surface area contributed by atoms with Crippen LogP contribution in [0.2, 0.25) is 0 Å². The zero-order valence-corrected chi connectivity index (χ0v) is 21.3. The average molecular weight is 491 g/mol. The van der Waals surface area contributed by atoms with Crippen LogP contribution >= 0.6 is 11.8 Å². The monoisotopic (exact) mass is 490 g/mol. The minimum absolute atomic E-state index is 0.185. The van der Waals surface area contributed by atoms with Crippen molar-refractivity contribution in [1.82, 2.24) is 19.8 Å². The summed E-state index contributed by atoms with van der Waals surface area (Å²) in [7, 11) is 0. The van der Waals surface area contributed by atoms with E-state index >= 15 is 0 Å². The summed E-state index contributed by atoms with van der Waals surface area (Å²) in [5.74, 6) is 1.68. The summed E-state index contributed by atoms with van der Waals surface area (Å²) in [5.41, 5.74) is 2.33. The van der Waals surface area contributed by atoms with Gasteiger partial charge in [-0.15, -0.1) is 0 Å². The van der Waals surface area contributed by atoms with Gasteiger partial charge in [0.1, 0.15) is 10.9 Å². The van der Waals surface area contributed by atoms with Gasteiger partial charge in [0.2, 0.25) is 5.91 Å². The first kappa shape index (κ1) is 24.2. The molecule has 184 valence electrons. The normalized spacial score (nSPS) is 18.6. The maximum atomic E-state index is 13.3. The van der Waals surface area contributed by atoms with Crippen molar-refractivity contribution in [2.24, 2.45) is 5.92 Å². The molecular weight excluding hydrogens is 456 g/mol. The molecule has 2 aliphatic rings. The van der Waals surface area contributed by atoms with Crippen LogP contribution in [0.3, 0.4) is 0 Å². The second-order valence-electron chi connectivity index (χ2n) is 9.57. The highest BCUT2D eigenvalue weighted by atomic mass is 32.2.